The van der Waals surface area contributed by atoms with Gasteiger partial charge in [-0.15, -0.1) is 15.3 Å². The first-order valence-corrected chi connectivity index (χ1v) is 8.35. The molecule has 0 radical (unpaired) electrons. The Labute approximate surface area is 144 Å². The smallest absolute Gasteiger partial charge is 0.178 e. The molecular formula is C18H18FN5O. The van der Waals surface area contributed by atoms with Gasteiger partial charge in [-0.25, -0.2) is 4.39 Å². The second-order valence-corrected chi connectivity index (χ2v) is 6.34. The molecule has 1 fully saturated rings. The largest absolute Gasteiger partial charge is 0.355 e. The molecule has 2 aromatic heterocycles. The summed E-state index contributed by atoms with van der Waals surface area (Å²) >= 11 is 0. The van der Waals surface area contributed by atoms with Gasteiger partial charge >= 0.3 is 0 Å². The van der Waals surface area contributed by atoms with Crippen LogP contribution in [0, 0.1) is 18.7 Å². The summed E-state index contributed by atoms with van der Waals surface area (Å²) in [6.07, 6.45) is 1.52. The fourth-order valence-electron chi connectivity index (χ4n) is 3.28. The number of aryl methyl sites for hydroxylation is 1. The lowest BCUT2D eigenvalue weighted by Gasteiger charge is -2.32. The quantitative estimate of drug-likeness (QED) is 0.687. The van der Waals surface area contributed by atoms with E-state index >= 15 is 0 Å². The molecule has 0 unspecified atom stereocenters. The summed E-state index contributed by atoms with van der Waals surface area (Å²) in [6.45, 7) is 3.39. The van der Waals surface area contributed by atoms with E-state index in [1.54, 1.807) is 16.6 Å². The molecule has 1 saturated heterocycles. The van der Waals surface area contributed by atoms with Crippen LogP contribution in [0.2, 0.25) is 0 Å². The summed E-state index contributed by atoms with van der Waals surface area (Å²) in [5.41, 5.74) is 1.31. The van der Waals surface area contributed by atoms with Gasteiger partial charge in [-0.1, -0.05) is 0 Å². The maximum atomic E-state index is 13.0. The molecular weight excluding hydrogens is 321 g/mol. The number of benzene rings is 1. The lowest BCUT2D eigenvalue weighted by molar-refractivity contribution is 0.0900. The number of piperidine rings is 1. The Morgan fingerprint density at radius 1 is 1.08 bits per heavy atom. The summed E-state index contributed by atoms with van der Waals surface area (Å²) < 4.78 is 14.7. The highest BCUT2D eigenvalue weighted by Gasteiger charge is 2.26. The van der Waals surface area contributed by atoms with E-state index in [0.29, 0.717) is 5.56 Å². The van der Waals surface area contributed by atoms with Crippen molar-refractivity contribution in [2.45, 2.75) is 19.8 Å². The molecule has 0 bridgehead atoms. The lowest BCUT2D eigenvalue weighted by atomic mass is 9.89. The fourth-order valence-corrected chi connectivity index (χ4v) is 3.28. The molecule has 0 spiro atoms. The van der Waals surface area contributed by atoms with E-state index in [-0.39, 0.29) is 17.5 Å². The third-order valence-electron chi connectivity index (χ3n) is 4.72. The Balaban J connectivity index is 1.46. The second-order valence-electron chi connectivity index (χ2n) is 6.34. The van der Waals surface area contributed by atoms with Gasteiger partial charge < -0.3 is 4.90 Å². The summed E-state index contributed by atoms with van der Waals surface area (Å²) in [4.78, 5) is 14.7. The van der Waals surface area contributed by atoms with Crippen LogP contribution < -0.4 is 4.90 Å². The maximum absolute atomic E-state index is 13.0. The SMILES string of the molecule is Cc1nnc2ccc(N3CCC(C(=O)c4ccc(F)cc4)CC3)nn12. The first kappa shape index (κ1) is 15.7. The van der Waals surface area contributed by atoms with Crippen molar-refractivity contribution in [1.82, 2.24) is 19.8 Å². The van der Waals surface area contributed by atoms with Crippen molar-refractivity contribution in [1.29, 1.82) is 0 Å². The molecule has 0 N–H and O–H groups in total. The van der Waals surface area contributed by atoms with E-state index in [0.717, 1.165) is 43.2 Å². The molecule has 6 nitrogen and oxygen atoms in total. The number of nitrogens with zero attached hydrogens (tertiary/aromatic N) is 5. The molecule has 7 heteroatoms. The number of carbonyl (C=O) groups is 1. The van der Waals surface area contributed by atoms with Crippen LogP contribution in [0.4, 0.5) is 10.2 Å². The number of ketones is 1. The number of Topliss-reactive ketones (excluding diaryl/α,β-unsaturated/α-hetero) is 1. The van der Waals surface area contributed by atoms with Crippen LogP contribution in [-0.2, 0) is 0 Å². The van der Waals surface area contributed by atoms with Crippen molar-refractivity contribution in [3.8, 4) is 0 Å². The van der Waals surface area contributed by atoms with Gasteiger partial charge in [0, 0.05) is 24.6 Å². The zero-order valence-corrected chi connectivity index (χ0v) is 13.9. The van der Waals surface area contributed by atoms with Gasteiger partial charge in [0.2, 0.25) is 0 Å². The molecule has 128 valence electrons. The Morgan fingerprint density at radius 2 is 1.80 bits per heavy atom. The molecule has 1 aromatic carbocycles. The minimum atomic E-state index is -0.322. The molecule has 3 aromatic rings. The highest BCUT2D eigenvalue weighted by atomic mass is 19.1. The molecule has 25 heavy (non-hydrogen) atoms. The average molecular weight is 339 g/mol. The summed E-state index contributed by atoms with van der Waals surface area (Å²) in [6, 6.07) is 9.64. The summed E-state index contributed by atoms with van der Waals surface area (Å²) in [5, 5.41) is 12.6. The predicted octanol–water partition coefficient (Wildman–Crippen LogP) is 2.67. The zero-order valence-electron chi connectivity index (χ0n) is 13.9. The van der Waals surface area contributed by atoms with E-state index in [1.807, 2.05) is 19.1 Å². The standard InChI is InChI=1S/C18H18FN5O/c1-12-20-21-16-6-7-17(22-24(12)16)23-10-8-14(9-11-23)18(25)13-2-4-15(19)5-3-13/h2-7,14H,8-11H2,1H3. The Morgan fingerprint density at radius 3 is 2.52 bits per heavy atom. The second kappa shape index (κ2) is 6.23. The molecule has 0 aliphatic carbocycles. The van der Waals surface area contributed by atoms with Crippen molar-refractivity contribution >= 4 is 17.2 Å². The van der Waals surface area contributed by atoms with Crippen LogP contribution in [-0.4, -0.2) is 38.7 Å². The summed E-state index contributed by atoms with van der Waals surface area (Å²) in [5.74, 6) is 1.36. The predicted molar refractivity (Wildman–Crippen MR) is 91.2 cm³/mol. The van der Waals surface area contributed by atoms with Crippen molar-refractivity contribution in [2.24, 2.45) is 5.92 Å². The van der Waals surface area contributed by atoms with E-state index in [2.05, 4.69) is 20.2 Å². The fraction of sp³-hybridized carbons (Fsp3) is 0.333. The van der Waals surface area contributed by atoms with Crippen molar-refractivity contribution < 1.29 is 9.18 Å². The van der Waals surface area contributed by atoms with Gasteiger partial charge in [-0.05, 0) is 56.2 Å². The Bertz CT molecular complexity index is 913. The van der Waals surface area contributed by atoms with Gasteiger partial charge in [-0.3, -0.25) is 4.79 Å². The molecule has 1 aliphatic rings. The number of fused-ring (bicyclic) bond motifs is 1. The number of rotatable bonds is 3. The molecule has 0 saturated carbocycles. The monoisotopic (exact) mass is 339 g/mol. The number of anilines is 1. The van der Waals surface area contributed by atoms with Crippen LogP contribution in [0.1, 0.15) is 29.0 Å². The first-order chi connectivity index (χ1) is 12.1. The van der Waals surface area contributed by atoms with Crippen molar-refractivity contribution in [3.63, 3.8) is 0 Å². The Kier molecular flexibility index (Phi) is 3.91. The van der Waals surface area contributed by atoms with E-state index in [4.69, 9.17) is 0 Å². The lowest BCUT2D eigenvalue weighted by Crippen LogP contribution is -2.37. The van der Waals surface area contributed by atoms with Gasteiger partial charge in [0.15, 0.2) is 17.3 Å². The zero-order chi connectivity index (χ0) is 17.4. The third-order valence-corrected chi connectivity index (χ3v) is 4.72. The number of aromatic nitrogens is 4. The van der Waals surface area contributed by atoms with Crippen LogP contribution >= 0.6 is 0 Å². The van der Waals surface area contributed by atoms with Crippen LogP contribution in [0.15, 0.2) is 36.4 Å². The average Bonchev–Trinajstić information content (AvgIpc) is 3.02. The molecule has 1 aliphatic heterocycles. The minimum absolute atomic E-state index is 0.0258. The molecule has 3 heterocycles. The van der Waals surface area contributed by atoms with Gasteiger partial charge in [0.05, 0.1) is 0 Å². The highest BCUT2D eigenvalue weighted by molar-refractivity contribution is 5.97. The van der Waals surface area contributed by atoms with Crippen LogP contribution in [0.5, 0.6) is 0 Å². The normalized spacial score (nSPS) is 15.7. The molecule has 4 rings (SSSR count). The maximum Gasteiger partial charge on any atom is 0.178 e. The van der Waals surface area contributed by atoms with Gasteiger partial charge in [0.25, 0.3) is 0 Å². The molecule has 0 amide bonds. The topological polar surface area (TPSA) is 63.4 Å². The first-order valence-electron chi connectivity index (χ1n) is 8.35. The van der Waals surface area contributed by atoms with E-state index < -0.39 is 0 Å². The highest BCUT2D eigenvalue weighted by Crippen LogP contribution is 2.25. The van der Waals surface area contributed by atoms with E-state index in [9.17, 15) is 9.18 Å². The Hall–Kier alpha value is -2.83. The number of hydrogen-bond acceptors (Lipinski definition) is 5. The van der Waals surface area contributed by atoms with Crippen molar-refractivity contribution in [3.05, 3.63) is 53.6 Å². The molecule has 0 atom stereocenters. The number of hydrogen-bond donors (Lipinski definition) is 0. The van der Waals surface area contributed by atoms with E-state index in [1.165, 1.54) is 12.1 Å². The van der Waals surface area contributed by atoms with Gasteiger partial charge in [0.1, 0.15) is 11.6 Å². The van der Waals surface area contributed by atoms with Crippen molar-refractivity contribution in [2.75, 3.05) is 18.0 Å². The number of halogens is 1. The van der Waals surface area contributed by atoms with Crippen LogP contribution in [0.3, 0.4) is 0 Å². The number of carbonyl (C=O) groups excluding carboxylic acids is 1. The minimum Gasteiger partial charge on any atom is -0.355 e. The van der Waals surface area contributed by atoms with Crippen LogP contribution in [0.25, 0.3) is 5.65 Å². The third kappa shape index (κ3) is 2.97. The summed E-state index contributed by atoms with van der Waals surface area (Å²) in [7, 11) is 0. The van der Waals surface area contributed by atoms with Gasteiger partial charge in [-0.2, -0.15) is 4.52 Å².